The normalized spacial score (nSPS) is 16.9. The number of rotatable bonds is 7. The van der Waals surface area contributed by atoms with Gasteiger partial charge in [0.15, 0.2) is 0 Å². The Morgan fingerprint density at radius 3 is 2.62 bits per heavy atom. The fourth-order valence-corrected chi connectivity index (χ4v) is 4.12. The van der Waals surface area contributed by atoms with Crippen LogP contribution in [-0.4, -0.2) is 72.9 Å². The Kier molecular flexibility index (Phi) is 8.44. The van der Waals surface area contributed by atoms with E-state index in [2.05, 4.69) is 33.2 Å². The molecule has 0 bridgehead atoms. The molecule has 1 fully saturated rings. The van der Waals surface area contributed by atoms with Crippen molar-refractivity contribution in [3.8, 4) is 0 Å². The van der Waals surface area contributed by atoms with Crippen LogP contribution in [0.2, 0.25) is 0 Å². The number of likely N-dealkylation sites (N-methyl/N-ethyl adjacent to an activating group) is 1. The average Bonchev–Trinajstić information content (AvgIpc) is 2.64. The van der Waals surface area contributed by atoms with E-state index in [-0.39, 0.29) is 17.9 Å². The van der Waals surface area contributed by atoms with Crippen LogP contribution in [0.4, 0.5) is 0 Å². The molecule has 0 saturated carbocycles. The smallest absolute Gasteiger partial charge is 0.253 e. The third-order valence-electron chi connectivity index (χ3n) is 4.92. The van der Waals surface area contributed by atoms with Gasteiger partial charge in [0.2, 0.25) is 5.91 Å². The lowest BCUT2D eigenvalue weighted by Crippen LogP contribution is -2.52. The highest BCUT2D eigenvalue weighted by molar-refractivity contribution is 9.10. The van der Waals surface area contributed by atoms with Crippen LogP contribution in [0, 0.1) is 0 Å². The molecule has 5 nitrogen and oxygen atoms in total. The summed E-state index contributed by atoms with van der Waals surface area (Å²) in [4.78, 5) is 29.9. The number of benzene rings is 1. The predicted octanol–water partition coefficient (Wildman–Crippen LogP) is 2.85. The zero-order valence-corrected chi connectivity index (χ0v) is 18.1. The molecule has 1 aliphatic rings. The highest BCUT2D eigenvalue weighted by Crippen LogP contribution is 2.18. The average molecular weight is 442 g/mol. The lowest BCUT2D eigenvalue weighted by molar-refractivity contribution is -0.134. The van der Waals surface area contributed by atoms with Gasteiger partial charge in [0.05, 0.1) is 5.56 Å². The fourth-order valence-electron chi connectivity index (χ4n) is 3.18. The van der Waals surface area contributed by atoms with E-state index in [0.717, 1.165) is 36.2 Å². The van der Waals surface area contributed by atoms with Crippen molar-refractivity contribution in [3.63, 3.8) is 0 Å². The second-order valence-electron chi connectivity index (χ2n) is 6.77. The second-order valence-corrected chi connectivity index (χ2v) is 8.61. The maximum absolute atomic E-state index is 13.1. The van der Waals surface area contributed by atoms with Crippen LogP contribution in [0.15, 0.2) is 28.7 Å². The van der Waals surface area contributed by atoms with Crippen LogP contribution in [0.5, 0.6) is 0 Å². The summed E-state index contributed by atoms with van der Waals surface area (Å²) >= 11 is 5.09. The number of hydrogen-bond donors (Lipinski definition) is 1. The van der Waals surface area contributed by atoms with Crippen molar-refractivity contribution < 1.29 is 9.59 Å². The number of hydrogen-bond acceptors (Lipinski definition) is 4. The first-order chi connectivity index (χ1) is 12.4. The lowest BCUT2D eigenvalue weighted by Gasteiger charge is -2.36. The van der Waals surface area contributed by atoms with E-state index in [1.807, 2.05) is 36.4 Å². The molecule has 1 atom stereocenters. The van der Waals surface area contributed by atoms with Crippen LogP contribution in [0.25, 0.3) is 0 Å². The highest BCUT2D eigenvalue weighted by Gasteiger charge is 2.30. The molecule has 1 unspecified atom stereocenters. The first-order valence-electron chi connectivity index (χ1n) is 8.93. The number of amides is 2. The Labute approximate surface area is 169 Å². The van der Waals surface area contributed by atoms with Crippen molar-refractivity contribution in [3.05, 3.63) is 34.3 Å². The van der Waals surface area contributed by atoms with E-state index in [4.69, 9.17) is 0 Å². The summed E-state index contributed by atoms with van der Waals surface area (Å²) in [5.74, 6) is 0.621. The first kappa shape index (κ1) is 21.3. The van der Waals surface area contributed by atoms with Gasteiger partial charge in [-0.3, -0.25) is 9.59 Å². The number of piperidine rings is 1. The molecule has 1 N–H and O–H groups in total. The van der Waals surface area contributed by atoms with Crippen LogP contribution < -0.4 is 5.32 Å². The Morgan fingerprint density at radius 2 is 2.00 bits per heavy atom. The Morgan fingerprint density at radius 1 is 1.35 bits per heavy atom. The van der Waals surface area contributed by atoms with Crippen LogP contribution in [-0.2, 0) is 4.79 Å². The molecule has 0 aliphatic carbocycles. The van der Waals surface area contributed by atoms with Crippen LogP contribution >= 0.6 is 27.7 Å². The molecular weight excluding hydrogens is 414 g/mol. The molecule has 2 rings (SSSR count). The van der Waals surface area contributed by atoms with Gasteiger partial charge >= 0.3 is 0 Å². The SMILES string of the molecule is CSCCC(NC(=O)c1ccccc1Br)C(=O)N(C)C1CCN(C)CC1. The molecule has 0 spiro atoms. The van der Waals surface area contributed by atoms with Crippen molar-refractivity contribution in [2.45, 2.75) is 31.3 Å². The third kappa shape index (κ3) is 5.72. The molecule has 1 saturated heterocycles. The van der Waals surface area contributed by atoms with E-state index in [0.29, 0.717) is 12.0 Å². The monoisotopic (exact) mass is 441 g/mol. The number of thioether (sulfide) groups is 1. The summed E-state index contributed by atoms with van der Waals surface area (Å²) in [6.07, 6.45) is 4.60. The number of nitrogens with one attached hydrogen (secondary N) is 1. The van der Waals surface area contributed by atoms with Crippen molar-refractivity contribution in [1.29, 1.82) is 0 Å². The standard InChI is InChI=1S/C19H28BrN3O2S/c1-22-11-8-14(9-12-22)23(2)19(25)17(10-13-26-3)21-18(24)15-6-4-5-7-16(15)20/h4-7,14,17H,8-13H2,1-3H3,(H,21,24). The molecule has 1 aromatic carbocycles. The van der Waals surface area contributed by atoms with Crippen molar-refractivity contribution >= 4 is 39.5 Å². The van der Waals surface area contributed by atoms with Gasteiger partial charge in [-0.05, 0) is 79.5 Å². The van der Waals surface area contributed by atoms with E-state index >= 15 is 0 Å². The summed E-state index contributed by atoms with van der Waals surface area (Å²) < 4.78 is 0.734. The van der Waals surface area contributed by atoms with Gasteiger partial charge in [-0.15, -0.1) is 0 Å². The van der Waals surface area contributed by atoms with Gasteiger partial charge in [0, 0.05) is 17.6 Å². The molecule has 2 amide bonds. The van der Waals surface area contributed by atoms with Gasteiger partial charge in [-0.1, -0.05) is 12.1 Å². The maximum Gasteiger partial charge on any atom is 0.253 e. The summed E-state index contributed by atoms with van der Waals surface area (Å²) in [5, 5.41) is 2.95. The van der Waals surface area contributed by atoms with Gasteiger partial charge in [-0.2, -0.15) is 11.8 Å². The molecule has 7 heteroatoms. The third-order valence-corrected chi connectivity index (χ3v) is 6.25. The quantitative estimate of drug-likeness (QED) is 0.706. The topological polar surface area (TPSA) is 52.7 Å². The maximum atomic E-state index is 13.1. The molecule has 144 valence electrons. The number of likely N-dealkylation sites (tertiary alicyclic amines) is 1. The fraction of sp³-hybridized carbons (Fsp3) is 0.579. The highest BCUT2D eigenvalue weighted by atomic mass is 79.9. The molecule has 0 aromatic heterocycles. The molecular formula is C19H28BrN3O2S. The minimum atomic E-state index is -0.494. The summed E-state index contributed by atoms with van der Waals surface area (Å²) in [7, 11) is 3.98. The second kappa shape index (κ2) is 10.3. The molecule has 26 heavy (non-hydrogen) atoms. The molecule has 1 heterocycles. The Bertz CT molecular complexity index is 621. The minimum absolute atomic E-state index is 0.00834. The predicted molar refractivity (Wildman–Crippen MR) is 112 cm³/mol. The van der Waals surface area contributed by atoms with E-state index in [1.54, 1.807) is 17.8 Å². The lowest BCUT2D eigenvalue weighted by atomic mass is 10.0. The summed E-state index contributed by atoms with van der Waals surface area (Å²) in [6.45, 7) is 2.00. The zero-order chi connectivity index (χ0) is 19.1. The van der Waals surface area contributed by atoms with Gasteiger partial charge < -0.3 is 15.1 Å². The number of nitrogens with zero attached hydrogens (tertiary/aromatic N) is 2. The van der Waals surface area contributed by atoms with Crippen molar-refractivity contribution in [2.75, 3.05) is 39.2 Å². The van der Waals surface area contributed by atoms with Gasteiger partial charge in [0.25, 0.3) is 5.91 Å². The van der Waals surface area contributed by atoms with Crippen LogP contribution in [0.3, 0.4) is 0 Å². The Balaban J connectivity index is 2.06. The Hall–Kier alpha value is -1.05. The summed E-state index contributed by atoms with van der Waals surface area (Å²) in [6, 6.07) is 7.03. The number of carbonyl (C=O) groups excluding carboxylic acids is 2. The van der Waals surface area contributed by atoms with Gasteiger partial charge in [-0.25, -0.2) is 0 Å². The summed E-state index contributed by atoms with van der Waals surface area (Å²) in [5.41, 5.74) is 0.552. The van der Waals surface area contributed by atoms with E-state index < -0.39 is 6.04 Å². The van der Waals surface area contributed by atoms with Crippen molar-refractivity contribution in [1.82, 2.24) is 15.1 Å². The van der Waals surface area contributed by atoms with Crippen LogP contribution in [0.1, 0.15) is 29.6 Å². The minimum Gasteiger partial charge on any atom is -0.341 e. The first-order valence-corrected chi connectivity index (χ1v) is 11.1. The van der Waals surface area contributed by atoms with Crippen molar-refractivity contribution in [2.24, 2.45) is 0 Å². The number of halogens is 1. The largest absolute Gasteiger partial charge is 0.341 e. The zero-order valence-electron chi connectivity index (χ0n) is 15.7. The molecule has 1 aliphatic heterocycles. The van der Waals surface area contributed by atoms with E-state index in [1.165, 1.54) is 0 Å². The number of carbonyl (C=O) groups is 2. The molecule has 1 aromatic rings. The van der Waals surface area contributed by atoms with E-state index in [9.17, 15) is 9.59 Å². The van der Waals surface area contributed by atoms with Gasteiger partial charge in [0.1, 0.15) is 6.04 Å². The molecule has 0 radical (unpaired) electrons.